The van der Waals surface area contributed by atoms with E-state index in [0.29, 0.717) is 6.42 Å². The van der Waals surface area contributed by atoms with Crippen LogP contribution in [-0.2, 0) is 9.53 Å². The van der Waals surface area contributed by atoms with Gasteiger partial charge in [-0.15, -0.1) is 0 Å². The molecule has 1 saturated heterocycles. The monoisotopic (exact) mass is 302 g/mol. The van der Waals surface area contributed by atoms with Crippen LogP contribution in [0, 0.1) is 5.92 Å². The van der Waals surface area contributed by atoms with E-state index in [4.69, 9.17) is 4.74 Å². The highest BCUT2D eigenvalue weighted by Crippen LogP contribution is 2.45. The Balaban J connectivity index is 2.14. The molecular formula is C20H30O2. The Morgan fingerprint density at radius 2 is 2.05 bits per heavy atom. The maximum atomic E-state index is 12.4. The highest BCUT2D eigenvalue weighted by atomic mass is 16.6. The summed E-state index contributed by atoms with van der Waals surface area (Å²) >= 11 is 0. The second kappa shape index (κ2) is 6.95. The standard InChI is InChI=1S/C20H30O2/c1-14(2)17-12-18(21)16(4)10-6-8-15(3)9-7-11-20(5)19(13-17)22-20/h9-10,17,19H,1,6-8,11-13H2,2-5H3/b15-9+,16-10+/t17-,19+,20+/m0/s1. The number of allylic oxidation sites excluding steroid dienone is 5. The van der Waals surface area contributed by atoms with E-state index < -0.39 is 0 Å². The molecular weight excluding hydrogens is 272 g/mol. The average Bonchev–Trinajstić information content (AvgIpc) is 3.07. The first-order valence-corrected chi connectivity index (χ1v) is 8.50. The second-order valence-electron chi connectivity index (χ2n) is 7.34. The molecule has 0 amide bonds. The number of ketones is 1. The van der Waals surface area contributed by atoms with E-state index in [1.54, 1.807) is 0 Å². The Morgan fingerprint density at radius 1 is 1.32 bits per heavy atom. The zero-order valence-corrected chi connectivity index (χ0v) is 14.6. The normalized spacial score (nSPS) is 38.8. The van der Waals surface area contributed by atoms with Crippen molar-refractivity contribution in [1.82, 2.24) is 0 Å². The van der Waals surface area contributed by atoms with E-state index in [2.05, 4.69) is 32.6 Å². The molecule has 0 N–H and O–H groups in total. The molecule has 0 radical (unpaired) electrons. The molecule has 2 rings (SSSR count). The SMILES string of the molecule is C=C(C)[C@H]1CC(=O)/C(C)=C/CC/C(C)=C/CC[C@@]2(C)O[C@@H]2C1. The minimum atomic E-state index is 0.00251. The Bertz CT molecular complexity index is 512. The molecule has 0 bridgehead atoms. The van der Waals surface area contributed by atoms with Gasteiger partial charge >= 0.3 is 0 Å². The van der Waals surface area contributed by atoms with Gasteiger partial charge in [0.25, 0.3) is 0 Å². The quantitative estimate of drug-likeness (QED) is 0.495. The summed E-state index contributed by atoms with van der Waals surface area (Å²) in [5.41, 5.74) is 3.41. The molecule has 1 aliphatic carbocycles. The van der Waals surface area contributed by atoms with Gasteiger partial charge in [-0.1, -0.05) is 29.9 Å². The van der Waals surface area contributed by atoms with Gasteiger partial charge in [0.15, 0.2) is 5.78 Å². The van der Waals surface area contributed by atoms with Crippen LogP contribution in [0.2, 0.25) is 0 Å². The van der Waals surface area contributed by atoms with E-state index in [0.717, 1.165) is 43.3 Å². The summed E-state index contributed by atoms with van der Waals surface area (Å²) in [7, 11) is 0. The van der Waals surface area contributed by atoms with Crippen molar-refractivity contribution >= 4 is 5.78 Å². The van der Waals surface area contributed by atoms with Crippen LogP contribution < -0.4 is 0 Å². The van der Waals surface area contributed by atoms with Gasteiger partial charge < -0.3 is 4.74 Å². The predicted octanol–water partition coefficient (Wildman–Crippen LogP) is 5.15. The molecule has 3 atom stereocenters. The average molecular weight is 302 g/mol. The van der Waals surface area contributed by atoms with Crippen LogP contribution in [0.4, 0.5) is 0 Å². The molecule has 2 nitrogen and oxygen atoms in total. The van der Waals surface area contributed by atoms with Gasteiger partial charge in [0.1, 0.15) is 0 Å². The molecule has 1 fully saturated rings. The zero-order chi connectivity index (χ0) is 16.3. The third kappa shape index (κ3) is 4.42. The van der Waals surface area contributed by atoms with Gasteiger partial charge in [0.2, 0.25) is 0 Å². The number of hydrogen-bond acceptors (Lipinski definition) is 2. The fourth-order valence-electron chi connectivity index (χ4n) is 3.25. The van der Waals surface area contributed by atoms with E-state index in [1.165, 1.54) is 5.57 Å². The molecule has 0 spiro atoms. The number of carbonyl (C=O) groups is 1. The minimum absolute atomic E-state index is 0.00251. The highest BCUT2D eigenvalue weighted by molar-refractivity contribution is 5.95. The topological polar surface area (TPSA) is 29.6 Å². The predicted molar refractivity (Wildman–Crippen MR) is 91.8 cm³/mol. The molecule has 0 unspecified atom stereocenters. The van der Waals surface area contributed by atoms with Crippen molar-refractivity contribution in [2.24, 2.45) is 5.92 Å². The summed E-state index contributed by atoms with van der Waals surface area (Å²) in [6.45, 7) is 12.5. The Kier molecular flexibility index (Phi) is 5.44. The van der Waals surface area contributed by atoms with E-state index in [1.807, 2.05) is 13.8 Å². The molecule has 2 heteroatoms. The van der Waals surface area contributed by atoms with Crippen molar-refractivity contribution in [2.45, 2.75) is 77.9 Å². The third-order valence-corrected chi connectivity index (χ3v) is 5.23. The van der Waals surface area contributed by atoms with Gasteiger partial charge in [-0.2, -0.15) is 0 Å². The molecule has 0 aromatic heterocycles. The highest BCUT2D eigenvalue weighted by Gasteiger charge is 2.51. The first-order chi connectivity index (χ1) is 10.3. The van der Waals surface area contributed by atoms with E-state index in [9.17, 15) is 4.79 Å². The second-order valence-corrected chi connectivity index (χ2v) is 7.34. The van der Waals surface area contributed by atoms with Crippen molar-refractivity contribution < 1.29 is 9.53 Å². The molecule has 0 saturated carbocycles. The van der Waals surface area contributed by atoms with Gasteiger partial charge in [-0.25, -0.2) is 0 Å². The molecule has 122 valence electrons. The first kappa shape index (κ1) is 17.2. The number of ether oxygens (including phenoxy) is 1. The minimum Gasteiger partial charge on any atom is -0.366 e. The van der Waals surface area contributed by atoms with Crippen LogP contribution >= 0.6 is 0 Å². The van der Waals surface area contributed by atoms with Crippen molar-refractivity contribution in [1.29, 1.82) is 0 Å². The maximum absolute atomic E-state index is 12.4. The maximum Gasteiger partial charge on any atom is 0.158 e. The van der Waals surface area contributed by atoms with Crippen molar-refractivity contribution in [3.8, 4) is 0 Å². The number of rotatable bonds is 1. The number of Topliss-reactive ketones (excluding diaryl/α,β-unsaturated/α-hetero) is 1. The van der Waals surface area contributed by atoms with Crippen molar-refractivity contribution in [3.05, 3.63) is 35.5 Å². The van der Waals surface area contributed by atoms with Gasteiger partial charge in [-0.05, 0) is 71.3 Å². The lowest BCUT2D eigenvalue weighted by Crippen LogP contribution is -2.17. The lowest BCUT2D eigenvalue weighted by molar-refractivity contribution is -0.116. The van der Waals surface area contributed by atoms with Crippen LogP contribution in [-0.4, -0.2) is 17.5 Å². The summed E-state index contributed by atoms with van der Waals surface area (Å²) in [5.74, 6) is 0.497. The zero-order valence-electron chi connectivity index (χ0n) is 14.6. The Labute approximate surface area is 135 Å². The van der Waals surface area contributed by atoms with Gasteiger partial charge in [0.05, 0.1) is 11.7 Å². The number of hydrogen-bond donors (Lipinski definition) is 0. The molecule has 1 heterocycles. The lowest BCUT2D eigenvalue weighted by atomic mass is 9.85. The summed E-state index contributed by atoms with van der Waals surface area (Å²) in [6.07, 6.45) is 10.3. The Morgan fingerprint density at radius 3 is 2.73 bits per heavy atom. The molecule has 2 aliphatic rings. The third-order valence-electron chi connectivity index (χ3n) is 5.23. The first-order valence-electron chi connectivity index (χ1n) is 8.50. The summed E-state index contributed by atoms with van der Waals surface area (Å²) in [5, 5.41) is 0. The number of fused-ring (bicyclic) bond motifs is 1. The molecule has 1 aliphatic heterocycles. The van der Waals surface area contributed by atoms with Crippen LogP contribution in [0.5, 0.6) is 0 Å². The van der Waals surface area contributed by atoms with Crippen molar-refractivity contribution in [2.75, 3.05) is 0 Å². The Hall–Kier alpha value is -1.15. The molecule has 22 heavy (non-hydrogen) atoms. The van der Waals surface area contributed by atoms with E-state index >= 15 is 0 Å². The summed E-state index contributed by atoms with van der Waals surface area (Å²) < 4.78 is 5.96. The lowest BCUT2D eigenvalue weighted by Gasteiger charge is -2.17. The summed E-state index contributed by atoms with van der Waals surface area (Å²) in [6, 6.07) is 0. The van der Waals surface area contributed by atoms with Crippen LogP contribution in [0.3, 0.4) is 0 Å². The smallest absolute Gasteiger partial charge is 0.158 e. The van der Waals surface area contributed by atoms with Crippen LogP contribution in [0.1, 0.15) is 66.2 Å². The fraction of sp³-hybridized carbons (Fsp3) is 0.650. The fourth-order valence-corrected chi connectivity index (χ4v) is 3.25. The number of carbonyl (C=O) groups excluding carboxylic acids is 1. The summed E-state index contributed by atoms with van der Waals surface area (Å²) in [4.78, 5) is 12.4. The van der Waals surface area contributed by atoms with Crippen LogP contribution in [0.25, 0.3) is 0 Å². The molecule has 0 aromatic rings. The van der Waals surface area contributed by atoms with E-state index in [-0.39, 0.29) is 23.4 Å². The largest absolute Gasteiger partial charge is 0.366 e. The van der Waals surface area contributed by atoms with Gasteiger partial charge in [-0.3, -0.25) is 4.79 Å². The van der Waals surface area contributed by atoms with Crippen LogP contribution in [0.15, 0.2) is 35.5 Å². The van der Waals surface area contributed by atoms with Crippen molar-refractivity contribution in [3.63, 3.8) is 0 Å². The molecule has 0 aromatic carbocycles. The number of epoxide rings is 1. The van der Waals surface area contributed by atoms with Gasteiger partial charge in [0, 0.05) is 6.42 Å².